The van der Waals surface area contributed by atoms with E-state index in [1.54, 1.807) is 50.5 Å². The Kier molecular flexibility index (Phi) is 7.48. The van der Waals surface area contributed by atoms with Crippen molar-refractivity contribution in [3.05, 3.63) is 53.2 Å². The summed E-state index contributed by atoms with van der Waals surface area (Å²) in [4.78, 5) is 45.2. The van der Waals surface area contributed by atoms with Crippen LogP contribution in [0.3, 0.4) is 0 Å². The number of carbonyl (C=O) groups excluding carboxylic acids is 3. The molecule has 0 saturated carbocycles. The number of likely N-dealkylation sites (N-methyl/N-ethyl adjacent to an activating group) is 1. The van der Waals surface area contributed by atoms with E-state index in [0.717, 1.165) is 5.56 Å². The highest BCUT2D eigenvalue weighted by Gasteiger charge is 2.43. The van der Waals surface area contributed by atoms with E-state index in [0.29, 0.717) is 22.9 Å². The van der Waals surface area contributed by atoms with E-state index in [-0.39, 0.29) is 23.6 Å². The van der Waals surface area contributed by atoms with Crippen LogP contribution in [0.4, 0.5) is 11.5 Å². The van der Waals surface area contributed by atoms with Gasteiger partial charge in [0.25, 0.3) is 5.91 Å². The van der Waals surface area contributed by atoms with Gasteiger partial charge in [-0.3, -0.25) is 19.3 Å². The van der Waals surface area contributed by atoms with E-state index < -0.39 is 18.1 Å². The van der Waals surface area contributed by atoms with Crippen molar-refractivity contribution in [3.8, 4) is 0 Å². The summed E-state index contributed by atoms with van der Waals surface area (Å²) in [6, 6.07) is 8.43. The molecule has 0 fully saturated rings. The first kappa shape index (κ1) is 23.7. The Balaban J connectivity index is 1.91. The van der Waals surface area contributed by atoms with Gasteiger partial charge in [0.2, 0.25) is 11.8 Å². The Morgan fingerprint density at radius 2 is 1.84 bits per heavy atom. The fourth-order valence-corrected chi connectivity index (χ4v) is 3.76. The molecule has 0 radical (unpaired) electrons. The summed E-state index contributed by atoms with van der Waals surface area (Å²) in [6.07, 6.45) is 1.90. The highest BCUT2D eigenvalue weighted by atomic mass is 35.5. The lowest BCUT2D eigenvalue weighted by atomic mass is 10.0. The predicted octanol–water partition coefficient (Wildman–Crippen LogP) is 2.38. The van der Waals surface area contributed by atoms with Gasteiger partial charge in [-0.2, -0.15) is 0 Å². The van der Waals surface area contributed by atoms with E-state index in [4.69, 9.17) is 11.6 Å². The quantitative estimate of drug-likeness (QED) is 0.592. The van der Waals surface area contributed by atoms with Crippen LogP contribution < -0.4 is 20.9 Å². The number of nitrogens with zero attached hydrogens (tertiary/aromatic N) is 2. The van der Waals surface area contributed by atoms with Crippen LogP contribution in [-0.2, 0) is 20.8 Å². The maximum atomic E-state index is 13.7. The average Bonchev–Trinajstić information content (AvgIpc) is 3.17. The Bertz CT molecular complexity index is 1010. The van der Waals surface area contributed by atoms with Crippen molar-refractivity contribution in [2.75, 3.05) is 17.3 Å². The fourth-order valence-electron chi connectivity index (χ4n) is 3.57. The molecule has 2 aromatic rings. The Morgan fingerprint density at radius 3 is 2.50 bits per heavy atom. The number of anilines is 2. The van der Waals surface area contributed by atoms with Crippen LogP contribution in [0.25, 0.3) is 0 Å². The minimum Gasteiger partial charge on any atom is -0.343 e. The van der Waals surface area contributed by atoms with Gasteiger partial charge in [-0.15, -0.1) is 0 Å². The van der Waals surface area contributed by atoms with E-state index in [9.17, 15) is 14.4 Å². The Labute approximate surface area is 192 Å². The molecule has 3 unspecified atom stereocenters. The lowest BCUT2D eigenvalue weighted by molar-refractivity contribution is -0.130. The second kappa shape index (κ2) is 10.1. The summed E-state index contributed by atoms with van der Waals surface area (Å²) >= 11 is 6.19. The fraction of sp³-hybridized carbons (Fsp3) is 0.391. The lowest BCUT2D eigenvalue weighted by Crippen LogP contribution is -2.57. The number of carbonyl (C=O) groups is 3. The molecule has 170 valence electrons. The first-order chi connectivity index (χ1) is 15.2. The zero-order valence-corrected chi connectivity index (χ0v) is 19.3. The zero-order valence-electron chi connectivity index (χ0n) is 18.6. The van der Waals surface area contributed by atoms with E-state index in [2.05, 4.69) is 20.9 Å². The minimum atomic E-state index is -0.818. The molecule has 8 nitrogen and oxygen atoms in total. The molecule has 1 aliphatic rings. The smallest absolute Gasteiger partial charge is 0.251 e. The van der Waals surface area contributed by atoms with Gasteiger partial charge in [0.15, 0.2) is 0 Å². The molecule has 32 heavy (non-hydrogen) atoms. The molecule has 1 aromatic carbocycles. The molecule has 0 spiro atoms. The molecule has 3 amide bonds. The van der Waals surface area contributed by atoms with Crippen LogP contribution >= 0.6 is 11.6 Å². The van der Waals surface area contributed by atoms with Crippen molar-refractivity contribution in [2.45, 2.75) is 45.3 Å². The summed E-state index contributed by atoms with van der Waals surface area (Å²) in [5, 5.41) is 8.91. The summed E-state index contributed by atoms with van der Waals surface area (Å²) in [6.45, 7) is 5.41. The third kappa shape index (κ3) is 4.92. The number of fused-ring (bicyclic) bond motifs is 1. The lowest BCUT2D eigenvalue weighted by Gasteiger charge is -2.31. The van der Waals surface area contributed by atoms with Crippen molar-refractivity contribution in [2.24, 2.45) is 5.92 Å². The van der Waals surface area contributed by atoms with E-state index in [1.165, 1.54) is 4.90 Å². The number of aromatic nitrogens is 1. The molecule has 9 heteroatoms. The third-order valence-corrected chi connectivity index (χ3v) is 5.88. The maximum absolute atomic E-state index is 13.7. The topological polar surface area (TPSA) is 103 Å². The summed E-state index contributed by atoms with van der Waals surface area (Å²) < 4.78 is 0. The number of hydrogen-bond acceptors (Lipinski definition) is 5. The van der Waals surface area contributed by atoms with Gasteiger partial charge in [0.05, 0.1) is 16.8 Å². The van der Waals surface area contributed by atoms with Gasteiger partial charge < -0.3 is 16.0 Å². The van der Waals surface area contributed by atoms with Crippen LogP contribution in [0.15, 0.2) is 42.6 Å². The van der Waals surface area contributed by atoms with Gasteiger partial charge in [-0.05, 0) is 43.7 Å². The molecule has 3 atom stereocenters. The van der Waals surface area contributed by atoms with Gasteiger partial charge in [0, 0.05) is 12.6 Å². The standard InChI is InChI=1S/C23H28ClN5O3/c1-13(2)19(28-21(30)14(3)25-4)23(32)29-18(12-15-8-7-11-26-20(15)29)22(31)27-17-10-6-5-9-16(17)24/h5-11,13-14,18-19,25H,12H2,1-4H3,(H,27,31)(H,28,30). The maximum Gasteiger partial charge on any atom is 0.251 e. The number of rotatable bonds is 7. The molecule has 3 rings (SSSR count). The number of pyridine rings is 1. The van der Waals surface area contributed by atoms with E-state index >= 15 is 0 Å². The van der Waals surface area contributed by atoms with Crippen molar-refractivity contribution in [1.29, 1.82) is 0 Å². The van der Waals surface area contributed by atoms with Crippen LogP contribution in [0.2, 0.25) is 5.02 Å². The Hall–Kier alpha value is -2.97. The second-order valence-electron chi connectivity index (χ2n) is 8.12. The summed E-state index contributed by atoms with van der Waals surface area (Å²) in [5.41, 5.74) is 1.25. The van der Waals surface area contributed by atoms with Crippen molar-refractivity contribution >= 4 is 40.8 Å². The molecule has 1 aromatic heterocycles. The van der Waals surface area contributed by atoms with Crippen LogP contribution in [0, 0.1) is 5.92 Å². The van der Waals surface area contributed by atoms with Crippen LogP contribution in [0.1, 0.15) is 26.3 Å². The number of hydrogen-bond donors (Lipinski definition) is 3. The van der Waals surface area contributed by atoms with Gasteiger partial charge in [0.1, 0.15) is 17.9 Å². The van der Waals surface area contributed by atoms with Crippen LogP contribution in [-0.4, -0.2) is 47.9 Å². The number of nitrogens with one attached hydrogen (secondary N) is 3. The summed E-state index contributed by atoms with van der Waals surface area (Å²) in [7, 11) is 1.67. The highest BCUT2D eigenvalue weighted by molar-refractivity contribution is 6.33. The normalized spacial score (nSPS) is 16.9. The Morgan fingerprint density at radius 1 is 1.12 bits per heavy atom. The third-order valence-electron chi connectivity index (χ3n) is 5.55. The average molecular weight is 458 g/mol. The summed E-state index contributed by atoms with van der Waals surface area (Å²) in [5.74, 6) is -0.818. The molecule has 0 saturated heterocycles. The van der Waals surface area contributed by atoms with Gasteiger partial charge in [-0.1, -0.05) is 43.6 Å². The number of halogens is 1. The predicted molar refractivity (Wildman–Crippen MR) is 125 cm³/mol. The van der Waals surface area contributed by atoms with Crippen molar-refractivity contribution in [3.63, 3.8) is 0 Å². The van der Waals surface area contributed by atoms with Crippen molar-refractivity contribution < 1.29 is 14.4 Å². The largest absolute Gasteiger partial charge is 0.343 e. The van der Waals surface area contributed by atoms with Crippen molar-refractivity contribution in [1.82, 2.24) is 15.6 Å². The van der Waals surface area contributed by atoms with Gasteiger partial charge in [-0.25, -0.2) is 4.98 Å². The zero-order chi connectivity index (χ0) is 23.4. The molecule has 0 aliphatic carbocycles. The van der Waals surface area contributed by atoms with Gasteiger partial charge >= 0.3 is 0 Å². The second-order valence-corrected chi connectivity index (χ2v) is 8.53. The SMILES string of the molecule is CNC(C)C(=O)NC(C(=O)N1c2ncccc2CC1C(=O)Nc1ccccc1Cl)C(C)C. The highest BCUT2D eigenvalue weighted by Crippen LogP contribution is 2.32. The monoisotopic (exact) mass is 457 g/mol. The number of amides is 3. The molecule has 3 N–H and O–H groups in total. The first-order valence-corrected chi connectivity index (χ1v) is 10.9. The van der Waals surface area contributed by atoms with Crippen LogP contribution in [0.5, 0.6) is 0 Å². The molecule has 2 heterocycles. The number of para-hydroxylation sites is 1. The molecular weight excluding hydrogens is 430 g/mol. The van der Waals surface area contributed by atoms with E-state index in [1.807, 2.05) is 19.9 Å². The number of benzene rings is 1. The molecule has 0 bridgehead atoms. The molecular formula is C23H28ClN5O3. The minimum absolute atomic E-state index is 0.199. The first-order valence-electron chi connectivity index (χ1n) is 10.5. The molecule has 1 aliphatic heterocycles.